The largest absolute Gasteiger partial charge is 0.478 e. The van der Waals surface area contributed by atoms with Crippen molar-refractivity contribution in [2.45, 2.75) is 12.5 Å². The maximum Gasteiger partial charge on any atom is 0.335 e. The van der Waals surface area contributed by atoms with E-state index in [1.165, 1.54) is 18.5 Å². The van der Waals surface area contributed by atoms with Gasteiger partial charge in [-0.1, -0.05) is 0 Å². The Bertz CT molecular complexity index is 850. The summed E-state index contributed by atoms with van der Waals surface area (Å²) >= 11 is 0. The number of hydrogen-bond donors (Lipinski definition) is 1. The summed E-state index contributed by atoms with van der Waals surface area (Å²) in [7, 11) is -1.18. The SMILES string of the molecule is CN(c1ncnc2cc(C(=O)O)ccc12)[C@H]1CCS(=O)(=O)C1. The highest BCUT2D eigenvalue weighted by Gasteiger charge is 2.31. The number of aromatic nitrogens is 2. The minimum atomic E-state index is -2.98. The maximum atomic E-state index is 11.6. The summed E-state index contributed by atoms with van der Waals surface area (Å²) in [5, 5.41) is 9.74. The van der Waals surface area contributed by atoms with E-state index >= 15 is 0 Å². The van der Waals surface area contributed by atoms with Gasteiger partial charge in [0.1, 0.15) is 12.1 Å². The standard InChI is InChI=1S/C14H15N3O4S/c1-17(10-4-5-22(20,21)7-10)13-11-3-2-9(14(18)19)6-12(11)15-8-16-13/h2-3,6,8,10H,4-5,7H2,1H3,(H,18,19)/t10-/m0/s1. The number of sulfone groups is 1. The van der Waals surface area contributed by atoms with Crippen LogP contribution in [0.2, 0.25) is 0 Å². The summed E-state index contributed by atoms with van der Waals surface area (Å²) in [5.74, 6) is -0.0996. The molecule has 3 rings (SSSR count). The Kier molecular flexibility index (Phi) is 3.48. The van der Waals surface area contributed by atoms with Gasteiger partial charge in [-0.25, -0.2) is 23.2 Å². The fraction of sp³-hybridized carbons (Fsp3) is 0.357. The van der Waals surface area contributed by atoms with Gasteiger partial charge in [-0.15, -0.1) is 0 Å². The molecular formula is C14H15N3O4S. The summed E-state index contributed by atoms with van der Waals surface area (Å²) in [6.07, 6.45) is 1.93. The zero-order valence-corrected chi connectivity index (χ0v) is 12.7. The van der Waals surface area contributed by atoms with E-state index in [-0.39, 0.29) is 23.1 Å². The second kappa shape index (κ2) is 5.20. The third-order valence-electron chi connectivity index (χ3n) is 3.95. The molecule has 8 heteroatoms. The third-order valence-corrected chi connectivity index (χ3v) is 5.70. The minimum absolute atomic E-state index is 0.113. The highest BCUT2D eigenvalue weighted by atomic mass is 32.2. The molecule has 2 aromatic rings. The van der Waals surface area contributed by atoms with E-state index in [0.717, 1.165) is 0 Å². The van der Waals surface area contributed by atoms with E-state index in [2.05, 4.69) is 9.97 Å². The van der Waals surface area contributed by atoms with Crippen molar-refractivity contribution in [2.75, 3.05) is 23.5 Å². The van der Waals surface area contributed by atoms with Crippen LogP contribution >= 0.6 is 0 Å². The monoisotopic (exact) mass is 321 g/mol. The van der Waals surface area contributed by atoms with Crippen LogP contribution in [0, 0.1) is 0 Å². The van der Waals surface area contributed by atoms with Gasteiger partial charge in [0.05, 0.1) is 22.6 Å². The molecule has 0 spiro atoms. The Hall–Kier alpha value is -2.22. The highest BCUT2D eigenvalue weighted by molar-refractivity contribution is 7.91. The van der Waals surface area contributed by atoms with E-state index in [4.69, 9.17) is 5.11 Å². The molecule has 1 atom stereocenters. The molecule has 116 valence electrons. The molecule has 0 amide bonds. The molecule has 0 radical (unpaired) electrons. The quantitative estimate of drug-likeness (QED) is 0.898. The van der Waals surface area contributed by atoms with E-state index in [0.29, 0.717) is 23.1 Å². The van der Waals surface area contributed by atoms with Crippen molar-refractivity contribution in [2.24, 2.45) is 0 Å². The first-order valence-electron chi connectivity index (χ1n) is 6.79. The Morgan fingerprint density at radius 1 is 1.36 bits per heavy atom. The first-order valence-corrected chi connectivity index (χ1v) is 8.61. The molecule has 1 fully saturated rings. The average molecular weight is 321 g/mol. The van der Waals surface area contributed by atoms with Gasteiger partial charge in [-0.2, -0.15) is 0 Å². The van der Waals surface area contributed by atoms with Crippen LogP contribution in [0.5, 0.6) is 0 Å². The molecule has 1 saturated heterocycles. The third kappa shape index (κ3) is 2.61. The molecule has 7 nitrogen and oxygen atoms in total. The lowest BCUT2D eigenvalue weighted by atomic mass is 10.1. The zero-order valence-electron chi connectivity index (χ0n) is 11.9. The lowest BCUT2D eigenvalue weighted by molar-refractivity contribution is 0.0697. The van der Waals surface area contributed by atoms with Crippen LogP contribution in [-0.2, 0) is 9.84 Å². The Labute approximate surface area is 127 Å². The summed E-state index contributed by atoms with van der Waals surface area (Å²) in [6, 6.07) is 4.52. The molecular weight excluding hydrogens is 306 g/mol. The fourth-order valence-electron chi connectivity index (χ4n) is 2.71. The van der Waals surface area contributed by atoms with E-state index in [9.17, 15) is 13.2 Å². The molecule has 1 aliphatic rings. The predicted octanol–water partition coefficient (Wildman–Crippen LogP) is 0.951. The number of aromatic carboxylic acids is 1. The van der Waals surface area contributed by atoms with E-state index in [1.54, 1.807) is 13.1 Å². The molecule has 0 bridgehead atoms. The van der Waals surface area contributed by atoms with E-state index in [1.807, 2.05) is 4.90 Å². The summed E-state index contributed by atoms with van der Waals surface area (Å²) in [4.78, 5) is 21.2. The molecule has 0 saturated carbocycles. The van der Waals surface area contributed by atoms with Crippen molar-refractivity contribution in [1.29, 1.82) is 0 Å². The number of fused-ring (bicyclic) bond motifs is 1. The van der Waals surface area contributed by atoms with Gasteiger partial charge in [0.25, 0.3) is 0 Å². The molecule has 0 aliphatic carbocycles. The van der Waals surface area contributed by atoms with Crippen LogP contribution in [0.4, 0.5) is 5.82 Å². The van der Waals surface area contributed by atoms with Crippen LogP contribution in [0.15, 0.2) is 24.5 Å². The van der Waals surface area contributed by atoms with Crippen molar-refractivity contribution in [3.05, 3.63) is 30.1 Å². The molecule has 2 heterocycles. The first-order chi connectivity index (χ1) is 10.4. The van der Waals surface area contributed by atoms with Gasteiger partial charge < -0.3 is 10.0 Å². The Balaban J connectivity index is 2.02. The van der Waals surface area contributed by atoms with Crippen LogP contribution in [0.3, 0.4) is 0 Å². The van der Waals surface area contributed by atoms with Gasteiger partial charge in [0.15, 0.2) is 9.84 Å². The average Bonchev–Trinajstić information content (AvgIpc) is 2.85. The van der Waals surface area contributed by atoms with Crippen LogP contribution in [0.1, 0.15) is 16.8 Å². The molecule has 1 aromatic heterocycles. The van der Waals surface area contributed by atoms with Crippen LogP contribution < -0.4 is 4.90 Å². The number of hydrogen-bond acceptors (Lipinski definition) is 6. The number of carboxylic acids is 1. The summed E-state index contributed by atoms with van der Waals surface area (Å²) in [6.45, 7) is 0. The number of benzene rings is 1. The van der Waals surface area contributed by atoms with Crippen molar-refractivity contribution in [1.82, 2.24) is 9.97 Å². The van der Waals surface area contributed by atoms with Gasteiger partial charge >= 0.3 is 5.97 Å². The number of nitrogens with zero attached hydrogens (tertiary/aromatic N) is 3. The summed E-state index contributed by atoms with van der Waals surface area (Å²) < 4.78 is 23.3. The number of anilines is 1. The lowest BCUT2D eigenvalue weighted by Crippen LogP contribution is -2.33. The topological polar surface area (TPSA) is 100 Å². The smallest absolute Gasteiger partial charge is 0.335 e. The van der Waals surface area contributed by atoms with Crippen molar-refractivity contribution >= 4 is 32.5 Å². The normalized spacial score (nSPS) is 20.1. The van der Waals surface area contributed by atoms with Gasteiger partial charge in [-0.05, 0) is 24.6 Å². The van der Waals surface area contributed by atoms with Gasteiger partial charge in [0, 0.05) is 18.5 Å². The summed E-state index contributed by atoms with van der Waals surface area (Å²) in [5.41, 5.74) is 0.681. The van der Waals surface area contributed by atoms with Crippen LogP contribution in [0.25, 0.3) is 10.9 Å². The zero-order chi connectivity index (χ0) is 15.9. The maximum absolute atomic E-state index is 11.6. The second-order valence-electron chi connectivity index (χ2n) is 5.40. The van der Waals surface area contributed by atoms with Crippen molar-refractivity contribution < 1.29 is 18.3 Å². The first kappa shape index (κ1) is 14.7. The Morgan fingerprint density at radius 2 is 2.14 bits per heavy atom. The minimum Gasteiger partial charge on any atom is -0.478 e. The number of rotatable bonds is 3. The van der Waals surface area contributed by atoms with Gasteiger partial charge in [0.2, 0.25) is 0 Å². The molecule has 1 aromatic carbocycles. The van der Waals surface area contributed by atoms with Crippen LogP contribution in [-0.4, -0.2) is 54.1 Å². The van der Waals surface area contributed by atoms with E-state index < -0.39 is 15.8 Å². The van der Waals surface area contributed by atoms with Gasteiger partial charge in [-0.3, -0.25) is 0 Å². The fourth-order valence-corrected chi connectivity index (χ4v) is 4.49. The number of carbonyl (C=O) groups is 1. The second-order valence-corrected chi connectivity index (χ2v) is 7.63. The highest BCUT2D eigenvalue weighted by Crippen LogP contribution is 2.27. The molecule has 0 unspecified atom stereocenters. The lowest BCUT2D eigenvalue weighted by Gasteiger charge is -2.25. The van der Waals surface area contributed by atoms with Crippen molar-refractivity contribution in [3.8, 4) is 0 Å². The predicted molar refractivity (Wildman–Crippen MR) is 82.0 cm³/mol. The Morgan fingerprint density at radius 3 is 2.77 bits per heavy atom. The molecule has 22 heavy (non-hydrogen) atoms. The number of carboxylic acid groups (broad SMARTS) is 1. The molecule has 1 aliphatic heterocycles. The molecule has 1 N–H and O–H groups in total. The van der Waals surface area contributed by atoms with Crippen molar-refractivity contribution in [3.63, 3.8) is 0 Å².